The molecule has 0 bridgehead atoms. The summed E-state index contributed by atoms with van der Waals surface area (Å²) < 4.78 is 26.5. The van der Waals surface area contributed by atoms with Gasteiger partial charge in [0.1, 0.15) is 0 Å². The molecule has 0 spiro atoms. The van der Waals surface area contributed by atoms with Crippen LogP contribution in [0, 0.1) is 23.5 Å². The quantitative estimate of drug-likeness (QED) is 0.822. The van der Waals surface area contributed by atoms with E-state index >= 15 is 0 Å². The molecule has 2 fully saturated rings. The molecule has 3 heteroatoms. The molecule has 1 aromatic rings. The average molecular weight is 223 g/mol. The predicted molar refractivity (Wildman–Crippen MR) is 59.2 cm³/mol. The first-order valence-corrected chi connectivity index (χ1v) is 5.96. The third-order valence-electron chi connectivity index (χ3n) is 3.53. The fourth-order valence-electron chi connectivity index (χ4n) is 2.33. The maximum atomic E-state index is 13.5. The molecule has 1 N–H and O–H groups in total. The van der Waals surface area contributed by atoms with Crippen molar-refractivity contribution in [1.82, 2.24) is 0 Å². The zero-order chi connectivity index (χ0) is 11.1. The van der Waals surface area contributed by atoms with Crippen molar-refractivity contribution in [2.45, 2.75) is 31.7 Å². The standard InChI is InChI=1S/C13H15F2N/c14-10-2-1-3-11(12(10)15)16-13(8-4-5-8)9-6-7-9/h1-3,8-9,13,16H,4-7H2. The van der Waals surface area contributed by atoms with Crippen molar-refractivity contribution in [1.29, 1.82) is 0 Å². The van der Waals surface area contributed by atoms with Gasteiger partial charge in [-0.05, 0) is 49.7 Å². The van der Waals surface area contributed by atoms with Gasteiger partial charge in [0.2, 0.25) is 0 Å². The van der Waals surface area contributed by atoms with Gasteiger partial charge >= 0.3 is 0 Å². The van der Waals surface area contributed by atoms with Crippen molar-refractivity contribution in [3.63, 3.8) is 0 Å². The number of anilines is 1. The SMILES string of the molecule is Fc1cccc(NC(C2CC2)C2CC2)c1F. The molecule has 2 saturated carbocycles. The normalized spacial score (nSPS) is 20.2. The predicted octanol–water partition coefficient (Wildman–Crippen LogP) is 3.57. The van der Waals surface area contributed by atoms with Crippen LogP contribution in [-0.2, 0) is 0 Å². The van der Waals surface area contributed by atoms with E-state index in [1.807, 2.05) is 0 Å². The number of benzene rings is 1. The van der Waals surface area contributed by atoms with E-state index in [0.29, 0.717) is 23.6 Å². The summed E-state index contributed by atoms with van der Waals surface area (Å²) in [6.45, 7) is 0. The third-order valence-corrected chi connectivity index (χ3v) is 3.53. The van der Waals surface area contributed by atoms with E-state index in [1.54, 1.807) is 12.1 Å². The van der Waals surface area contributed by atoms with Crippen LogP contribution in [-0.4, -0.2) is 6.04 Å². The Morgan fingerprint density at radius 2 is 1.69 bits per heavy atom. The number of nitrogens with one attached hydrogen (secondary N) is 1. The summed E-state index contributed by atoms with van der Waals surface area (Å²) in [5, 5.41) is 3.20. The average Bonchev–Trinajstić information content (AvgIpc) is 3.15. The van der Waals surface area contributed by atoms with Crippen LogP contribution in [0.15, 0.2) is 18.2 Å². The topological polar surface area (TPSA) is 12.0 Å². The number of rotatable bonds is 4. The second kappa shape index (κ2) is 3.72. The molecular formula is C13H15F2N. The van der Waals surface area contributed by atoms with E-state index in [4.69, 9.17) is 0 Å². The zero-order valence-electron chi connectivity index (χ0n) is 9.05. The van der Waals surface area contributed by atoms with Crippen LogP contribution in [0.4, 0.5) is 14.5 Å². The first kappa shape index (κ1) is 10.1. The molecule has 0 amide bonds. The lowest BCUT2D eigenvalue weighted by Crippen LogP contribution is -2.24. The minimum atomic E-state index is -0.768. The van der Waals surface area contributed by atoms with Crippen molar-refractivity contribution in [3.8, 4) is 0 Å². The van der Waals surface area contributed by atoms with Gasteiger partial charge in [0.15, 0.2) is 11.6 Å². The number of hydrogen-bond acceptors (Lipinski definition) is 1. The van der Waals surface area contributed by atoms with Crippen LogP contribution >= 0.6 is 0 Å². The molecule has 1 aromatic carbocycles. The molecule has 0 radical (unpaired) electrons. The minimum Gasteiger partial charge on any atom is -0.379 e. The Morgan fingerprint density at radius 1 is 1.06 bits per heavy atom. The first-order valence-electron chi connectivity index (χ1n) is 5.96. The molecule has 86 valence electrons. The van der Waals surface area contributed by atoms with Gasteiger partial charge in [-0.3, -0.25) is 0 Å². The second-order valence-corrected chi connectivity index (χ2v) is 4.95. The summed E-state index contributed by atoms with van der Waals surface area (Å²) in [7, 11) is 0. The monoisotopic (exact) mass is 223 g/mol. The molecule has 0 unspecified atom stereocenters. The lowest BCUT2D eigenvalue weighted by molar-refractivity contribution is 0.503. The van der Waals surface area contributed by atoms with Crippen LogP contribution in [0.2, 0.25) is 0 Å². The van der Waals surface area contributed by atoms with Gasteiger partial charge in [-0.25, -0.2) is 8.78 Å². The number of hydrogen-bond donors (Lipinski definition) is 1. The van der Waals surface area contributed by atoms with Gasteiger partial charge in [0, 0.05) is 6.04 Å². The van der Waals surface area contributed by atoms with E-state index in [-0.39, 0.29) is 0 Å². The summed E-state index contributed by atoms with van der Waals surface area (Å²) in [4.78, 5) is 0. The Labute approximate surface area is 93.9 Å². The van der Waals surface area contributed by atoms with Gasteiger partial charge in [-0.15, -0.1) is 0 Å². The minimum absolute atomic E-state index is 0.323. The molecule has 0 aliphatic heterocycles. The van der Waals surface area contributed by atoms with Gasteiger partial charge in [0.25, 0.3) is 0 Å². The van der Waals surface area contributed by atoms with Crippen molar-refractivity contribution < 1.29 is 8.78 Å². The van der Waals surface area contributed by atoms with E-state index in [0.717, 1.165) is 6.07 Å². The largest absolute Gasteiger partial charge is 0.379 e. The Balaban J connectivity index is 1.78. The maximum absolute atomic E-state index is 13.5. The first-order chi connectivity index (χ1) is 7.75. The van der Waals surface area contributed by atoms with Crippen LogP contribution in [0.25, 0.3) is 0 Å². The molecule has 1 nitrogen and oxygen atoms in total. The highest BCUT2D eigenvalue weighted by Crippen LogP contribution is 2.46. The van der Waals surface area contributed by atoms with E-state index in [2.05, 4.69) is 5.32 Å². The third kappa shape index (κ3) is 1.91. The van der Waals surface area contributed by atoms with Crippen molar-refractivity contribution in [2.24, 2.45) is 11.8 Å². The number of halogens is 2. The molecule has 0 heterocycles. The van der Waals surface area contributed by atoms with E-state index < -0.39 is 11.6 Å². The van der Waals surface area contributed by atoms with Crippen molar-refractivity contribution in [2.75, 3.05) is 5.32 Å². The van der Waals surface area contributed by atoms with Gasteiger partial charge < -0.3 is 5.32 Å². The lowest BCUT2D eigenvalue weighted by Gasteiger charge is -2.19. The second-order valence-electron chi connectivity index (χ2n) is 4.95. The summed E-state index contributed by atoms with van der Waals surface area (Å²) in [6.07, 6.45) is 4.91. The fraction of sp³-hybridized carbons (Fsp3) is 0.538. The lowest BCUT2D eigenvalue weighted by atomic mass is 10.1. The van der Waals surface area contributed by atoms with Crippen molar-refractivity contribution in [3.05, 3.63) is 29.8 Å². The van der Waals surface area contributed by atoms with Crippen LogP contribution < -0.4 is 5.32 Å². The molecule has 0 saturated heterocycles. The Kier molecular flexibility index (Phi) is 2.34. The van der Waals surface area contributed by atoms with Crippen molar-refractivity contribution >= 4 is 5.69 Å². The highest BCUT2D eigenvalue weighted by molar-refractivity contribution is 5.46. The van der Waals surface area contributed by atoms with Crippen LogP contribution in [0.1, 0.15) is 25.7 Å². The van der Waals surface area contributed by atoms with Crippen LogP contribution in [0.5, 0.6) is 0 Å². The van der Waals surface area contributed by atoms with Gasteiger partial charge in [-0.1, -0.05) is 6.07 Å². The van der Waals surface area contributed by atoms with E-state index in [9.17, 15) is 8.78 Å². The molecule has 3 rings (SSSR count). The Morgan fingerprint density at radius 3 is 2.25 bits per heavy atom. The molecule has 2 aliphatic rings. The van der Waals surface area contributed by atoms with Gasteiger partial charge in [-0.2, -0.15) is 0 Å². The summed E-state index contributed by atoms with van der Waals surface area (Å²) >= 11 is 0. The molecule has 2 aliphatic carbocycles. The smallest absolute Gasteiger partial charge is 0.181 e. The maximum Gasteiger partial charge on any atom is 0.181 e. The fourth-order valence-corrected chi connectivity index (χ4v) is 2.33. The Bertz CT molecular complexity index is 385. The summed E-state index contributed by atoms with van der Waals surface area (Å²) in [5.74, 6) is -0.158. The van der Waals surface area contributed by atoms with E-state index in [1.165, 1.54) is 25.7 Å². The molecule has 0 atom stereocenters. The molecule has 16 heavy (non-hydrogen) atoms. The highest BCUT2D eigenvalue weighted by Gasteiger charge is 2.41. The Hall–Kier alpha value is -1.12. The van der Waals surface area contributed by atoms with Gasteiger partial charge in [0.05, 0.1) is 5.69 Å². The molecular weight excluding hydrogens is 208 g/mol. The summed E-state index contributed by atoms with van der Waals surface area (Å²) in [5.41, 5.74) is 0.323. The summed E-state index contributed by atoms with van der Waals surface area (Å²) in [6, 6.07) is 4.69. The molecule has 0 aromatic heterocycles. The highest BCUT2D eigenvalue weighted by atomic mass is 19.2. The zero-order valence-corrected chi connectivity index (χ0v) is 9.05. The van der Waals surface area contributed by atoms with Crippen LogP contribution in [0.3, 0.4) is 0 Å².